The minimum Gasteiger partial charge on any atom is -0.382 e. The number of anilines is 1. The first-order valence-corrected chi connectivity index (χ1v) is 6.20. The fraction of sp³-hybridized carbons (Fsp3) is 0.750. The van der Waals surface area contributed by atoms with Gasteiger partial charge in [-0.1, -0.05) is 0 Å². The second-order valence-corrected chi connectivity index (χ2v) is 5.24. The van der Waals surface area contributed by atoms with Gasteiger partial charge in [0.2, 0.25) is 0 Å². The van der Waals surface area contributed by atoms with E-state index in [0.29, 0.717) is 5.82 Å². The third-order valence-corrected chi connectivity index (χ3v) is 3.03. The van der Waals surface area contributed by atoms with E-state index in [0.717, 1.165) is 39.2 Å². The van der Waals surface area contributed by atoms with E-state index < -0.39 is 0 Å². The zero-order valence-corrected chi connectivity index (χ0v) is 10.7. The van der Waals surface area contributed by atoms with E-state index >= 15 is 0 Å². The number of hydrogen-bond donors (Lipinski definition) is 1. The summed E-state index contributed by atoms with van der Waals surface area (Å²) in [7, 11) is 0. The summed E-state index contributed by atoms with van der Waals surface area (Å²) < 4.78 is 7.59. The molecule has 0 spiro atoms. The smallest absolute Gasteiger partial charge is 0.145 e. The van der Waals surface area contributed by atoms with Gasteiger partial charge in [0.1, 0.15) is 5.82 Å². The Morgan fingerprint density at radius 2 is 2.29 bits per heavy atom. The molecule has 1 fully saturated rings. The Labute approximate surface area is 103 Å². The summed E-state index contributed by atoms with van der Waals surface area (Å²) in [6.45, 7) is 9.18. The maximum Gasteiger partial charge on any atom is 0.145 e. The molecule has 0 atom stereocenters. The number of nitrogens with zero attached hydrogens (tertiary/aromatic N) is 3. The van der Waals surface area contributed by atoms with Crippen LogP contribution >= 0.6 is 0 Å². The normalized spacial score (nSPS) is 20.6. The highest BCUT2D eigenvalue weighted by molar-refractivity contribution is 5.23. The van der Waals surface area contributed by atoms with Gasteiger partial charge >= 0.3 is 0 Å². The molecule has 1 saturated heterocycles. The van der Waals surface area contributed by atoms with Crippen molar-refractivity contribution in [3.63, 3.8) is 0 Å². The molecule has 2 N–H and O–H groups in total. The lowest BCUT2D eigenvalue weighted by atomic mass is 10.1. The number of aryl methyl sites for hydroxylation is 1. The van der Waals surface area contributed by atoms with Crippen molar-refractivity contribution in [1.82, 2.24) is 14.7 Å². The predicted molar refractivity (Wildman–Crippen MR) is 67.7 cm³/mol. The molecule has 1 aliphatic rings. The van der Waals surface area contributed by atoms with Crippen LogP contribution in [-0.2, 0) is 11.3 Å². The first kappa shape index (κ1) is 12.4. The summed E-state index contributed by atoms with van der Waals surface area (Å²) in [5, 5.41) is 4.17. The molecule has 1 aromatic rings. The number of nitrogen functional groups attached to an aromatic ring is 1. The molecule has 5 heteroatoms. The van der Waals surface area contributed by atoms with Crippen LogP contribution in [-0.4, -0.2) is 46.5 Å². The van der Waals surface area contributed by atoms with Crippen LogP contribution in [0, 0.1) is 0 Å². The third kappa shape index (κ3) is 3.71. The number of hydrogen-bond acceptors (Lipinski definition) is 4. The van der Waals surface area contributed by atoms with Crippen molar-refractivity contribution in [1.29, 1.82) is 0 Å². The van der Waals surface area contributed by atoms with E-state index in [1.807, 2.05) is 16.9 Å². The minimum atomic E-state index is -0.00558. The van der Waals surface area contributed by atoms with Crippen LogP contribution in [0.1, 0.15) is 20.3 Å². The minimum absolute atomic E-state index is 0.00558. The molecule has 1 aliphatic heterocycles. The molecular weight excluding hydrogens is 216 g/mol. The Morgan fingerprint density at radius 1 is 1.47 bits per heavy atom. The van der Waals surface area contributed by atoms with Crippen molar-refractivity contribution >= 4 is 5.82 Å². The molecule has 0 saturated carbocycles. The largest absolute Gasteiger partial charge is 0.382 e. The first-order valence-electron chi connectivity index (χ1n) is 6.20. The van der Waals surface area contributed by atoms with E-state index in [-0.39, 0.29) is 5.60 Å². The van der Waals surface area contributed by atoms with Crippen molar-refractivity contribution in [2.45, 2.75) is 32.4 Å². The molecule has 0 radical (unpaired) electrons. The number of morpholine rings is 1. The standard InChI is InChI=1S/C12H22N4O/c1-12(2)10-15(8-9-17-12)5-3-6-16-7-4-11(13)14-16/h4,7H,3,5-6,8-10H2,1-2H3,(H2,13,14). The average Bonchev–Trinajstić information content (AvgIpc) is 2.63. The summed E-state index contributed by atoms with van der Waals surface area (Å²) >= 11 is 0. The first-order chi connectivity index (χ1) is 8.05. The number of aromatic nitrogens is 2. The van der Waals surface area contributed by atoms with E-state index in [1.165, 1.54) is 0 Å². The summed E-state index contributed by atoms with van der Waals surface area (Å²) in [6, 6.07) is 1.83. The van der Waals surface area contributed by atoms with Crippen molar-refractivity contribution < 1.29 is 4.74 Å². The zero-order valence-electron chi connectivity index (χ0n) is 10.7. The summed E-state index contributed by atoms with van der Waals surface area (Å²) in [6.07, 6.45) is 3.02. The highest BCUT2D eigenvalue weighted by Crippen LogP contribution is 2.16. The molecule has 0 unspecified atom stereocenters. The molecule has 17 heavy (non-hydrogen) atoms. The lowest BCUT2D eigenvalue weighted by Gasteiger charge is -2.38. The molecule has 2 rings (SSSR count). The Hall–Kier alpha value is -1.07. The van der Waals surface area contributed by atoms with Crippen LogP contribution in [0.2, 0.25) is 0 Å². The van der Waals surface area contributed by atoms with Crippen LogP contribution in [0.5, 0.6) is 0 Å². The number of ether oxygens (including phenoxy) is 1. The Morgan fingerprint density at radius 3 is 2.94 bits per heavy atom. The van der Waals surface area contributed by atoms with Crippen molar-refractivity contribution in [3.8, 4) is 0 Å². The molecule has 96 valence electrons. The van der Waals surface area contributed by atoms with Gasteiger partial charge in [-0.2, -0.15) is 5.10 Å². The monoisotopic (exact) mass is 238 g/mol. The van der Waals surface area contributed by atoms with Crippen molar-refractivity contribution in [3.05, 3.63) is 12.3 Å². The van der Waals surface area contributed by atoms with E-state index in [9.17, 15) is 0 Å². The van der Waals surface area contributed by atoms with Gasteiger partial charge < -0.3 is 10.5 Å². The van der Waals surface area contributed by atoms with E-state index in [1.54, 1.807) is 0 Å². The van der Waals surface area contributed by atoms with Gasteiger partial charge in [-0.3, -0.25) is 9.58 Å². The third-order valence-electron chi connectivity index (χ3n) is 3.03. The summed E-state index contributed by atoms with van der Waals surface area (Å²) in [5.74, 6) is 0.595. The number of nitrogens with two attached hydrogens (primary N) is 1. The molecule has 5 nitrogen and oxygen atoms in total. The average molecular weight is 238 g/mol. The fourth-order valence-corrected chi connectivity index (χ4v) is 2.26. The maximum atomic E-state index is 5.69. The molecule has 0 amide bonds. The fourth-order valence-electron chi connectivity index (χ4n) is 2.26. The lowest BCUT2D eigenvalue weighted by Crippen LogP contribution is -2.48. The van der Waals surface area contributed by atoms with Crippen LogP contribution in [0.15, 0.2) is 12.3 Å². The molecular formula is C12H22N4O. The molecule has 2 heterocycles. The van der Waals surface area contributed by atoms with Crippen LogP contribution in [0.3, 0.4) is 0 Å². The number of rotatable bonds is 4. The van der Waals surface area contributed by atoms with Gasteiger partial charge in [-0.15, -0.1) is 0 Å². The summed E-state index contributed by atoms with van der Waals surface area (Å²) in [4.78, 5) is 2.45. The van der Waals surface area contributed by atoms with Gasteiger partial charge in [-0.05, 0) is 26.3 Å². The van der Waals surface area contributed by atoms with Gasteiger partial charge in [0.15, 0.2) is 0 Å². The summed E-state index contributed by atoms with van der Waals surface area (Å²) in [5.41, 5.74) is 5.56. The van der Waals surface area contributed by atoms with E-state index in [2.05, 4.69) is 23.8 Å². The quantitative estimate of drug-likeness (QED) is 0.849. The van der Waals surface area contributed by atoms with E-state index in [4.69, 9.17) is 10.5 Å². The van der Waals surface area contributed by atoms with Crippen LogP contribution < -0.4 is 5.73 Å². The lowest BCUT2D eigenvalue weighted by molar-refractivity contribution is -0.0862. The predicted octanol–water partition coefficient (Wildman–Crippen LogP) is 0.966. The maximum absolute atomic E-state index is 5.69. The van der Waals surface area contributed by atoms with Gasteiger partial charge in [0.05, 0.1) is 12.2 Å². The van der Waals surface area contributed by atoms with Crippen molar-refractivity contribution in [2.75, 3.05) is 32.0 Å². The highest BCUT2D eigenvalue weighted by Gasteiger charge is 2.26. The van der Waals surface area contributed by atoms with Crippen LogP contribution in [0.25, 0.3) is 0 Å². The second-order valence-electron chi connectivity index (χ2n) is 5.24. The second kappa shape index (κ2) is 5.06. The van der Waals surface area contributed by atoms with Gasteiger partial charge in [0.25, 0.3) is 0 Å². The van der Waals surface area contributed by atoms with Gasteiger partial charge in [0, 0.05) is 32.4 Å². The molecule has 1 aromatic heterocycles. The Kier molecular flexibility index (Phi) is 3.69. The zero-order chi connectivity index (χ0) is 12.3. The highest BCUT2D eigenvalue weighted by atomic mass is 16.5. The Balaban J connectivity index is 1.71. The molecule has 0 bridgehead atoms. The molecule has 0 aromatic carbocycles. The van der Waals surface area contributed by atoms with Crippen LogP contribution in [0.4, 0.5) is 5.82 Å². The molecule has 0 aliphatic carbocycles. The van der Waals surface area contributed by atoms with Crippen molar-refractivity contribution in [2.24, 2.45) is 0 Å². The van der Waals surface area contributed by atoms with Gasteiger partial charge in [-0.25, -0.2) is 0 Å². The SMILES string of the molecule is CC1(C)CN(CCCn2ccc(N)n2)CCO1. The Bertz CT molecular complexity index is 361. The topological polar surface area (TPSA) is 56.3 Å².